The number of hydrogen-bond donors (Lipinski definition) is 2. The molecule has 1 aromatic heterocycles. The van der Waals surface area contributed by atoms with Crippen LogP contribution in [0.3, 0.4) is 0 Å². The Balaban J connectivity index is 1.24. The third-order valence-corrected chi connectivity index (χ3v) is 6.84. The number of halogens is 3. The number of likely N-dealkylation sites (tertiary alicyclic amines) is 1. The van der Waals surface area contributed by atoms with Gasteiger partial charge in [0, 0.05) is 30.4 Å². The molecule has 3 heterocycles. The molecule has 1 aromatic carbocycles. The number of rotatable bonds is 6. The van der Waals surface area contributed by atoms with Gasteiger partial charge in [-0.1, -0.05) is 0 Å². The molecule has 2 aliphatic heterocycles. The van der Waals surface area contributed by atoms with Crippen molar-refractivity contribution in [3.63, 3.8) is 0 Å². The van der Waals surface area contributed by atoms with Gasteiger partial charge in [-0.15, -0.1) is 0 Å². The number of piperidine rings is 2. The first-order valence-corrected chi connectivity index (χ1v) is 11.9. The highest BCUT2D eigenvalue weighted by molar-refractivity contribution is 5.78. The summed E-state index contributed by atoms with van der Waals surface area (Å²) in [7, 11) is 2.08. The zero-order chi connectivity index (χ0) is 24.1. The van der Waals surface area contributed by atoms with Crippen molar-refractivity contribution < 1.29 is 18.0 Å². The van der Waals surface area contributed by atoms with E-state index in [9.17, 15) is 18.0 Å². The van der Waals surface area contributed by atoms with Gasteiger partial charge in [0.25, 0.3) is 0 Å². The minimum atomic E-state index is -4.10. The highest BCUT2D eigenvalue weighted by Crippen LogP contribution is 2.35. The van der Waals surface area contributed by atoms with E-state index in [1.165, 1.54) is 0 Å². The van der Waals surface area contributed by atoms with Crippen molar-refractivity contribution in [1.82, 2.24) is 15.2 Å². The Kier molecular flexibility index (Phi) is 7.60. The molecule has 0 atom stereocenters. The van der Waals surface area contributed by atoms with Gasteiger partial charge in [-0.3, -0.25) is 9.78 Å². The summed E-state index contributed by atoms with van der Waals surface area (Å²) in [5.74, 6) is -1.02. The second-order valence-electron chi connectivity index (χ2n) is 9.31. The van der Waals surface area contributed by atoms with Gasteiger partial charge in [0.15, 0.2) is 0 Å². The molecule has 0 bridgehead atoms. The van der Waals surface area contributed by atoms with Gasteiger partial charge in [-0.25, -0.2) is 0 Å². The van der Waals surface area contributed by atoms with Crippen LogP contribution in [0.1, 0.15) is 31.4 Å². The fraction of sp³-hybridized carbons (Fsp3) is 0.520. The first-order valence-electron chi connectivity index (χ1n) is 11.9. The molecule has 9 heteroatoms. The number of nitrogens with one attached hydrogen (secondary N) is 2. The SMILES string of the molecule is CN1CCC(C(=O)NCc2ccc(Nc3ccc(N4CCC(C(F)(F)F)CC4)cc3)cn2)CC1. The molecule has 34 heavy (non-hydrogen) atoms. The first-order chi connectivity index (χ1) is 16.3. The van der Waals surface area contributed by atoms with E-state index in [0.717, 1.165) is 48.7 Å². The van der Waals surface area contributed by atoms with Crippen molar-refractivity contribution >= 4 is 23.0 Å². The summed E-state index contributed by atoms with van der Waals surface area (Å²) in [4.78, 5) is 21.0. The number of hydrogen-bond acceptors (Lipinski definition) is 5. The molecule has 2 saturated heterocycles. The lowest BCUT2D eigenvalue weighted by molar-refractivity contribution is -0.179. The average Bonchev–Trinajstić information content (AvgIpc) is 2.84. The van der Waals surface area contributed by atoms with Crippen LogP contribution >= 0.6 is 0 Å². The average molecular weight is 476 g/mol. The molecule has 184 valence electrons. The van der Waals surface area contributed by atoms with Crippen molar-refractivity contribution in [1.29, 1.82) is 0 Å². The van der Waals surface area contributed by atoms with E-state index in [-0.39, 0.29) is 24.7 Å². The maximum Gasteiger partial charge on any atom is 0.391 e. The third-order valence-electron chi connectivity index (χ3n) is 6.84. The van der Waals surface area contributed by atoms with Gasteiger partial charge < -0.3 is 20.4 Å². The van der Waals surface area contributed by atoms with E-state index in [0.29, 0.717) is 19.6 Å². The molecule has 2 N–H and O–H groups in total. The smallest absolute Gasteiger partial charge is 0.372 e. The molecule has 6 nitrogen and oxygen atoms in total. The maximum absolute atomic E-state index is 12.9. The van der Waals surface area contributed by atoms with Crippen LogP contribution in [0, 0.1) is 11.8 Å². The molecule has 2 aromatic rings. The van der Waals surface area contributed by atoms with E-state index in [4.69, 9.17) is 0 Å². The van der Waals surface area contributed by atoms with Gasteiger partial charge >= 0.3 is 6.18 Å². The van der Waals surface area contributed by atoms with Crippen molar-refractivity contribution in [3.8, 4) is 0 Å². The van der Waals surface area contributed by atoms with Gasteiger partial charge in [-0.05, 0) is 82.2 Å². The fourth-order valence-corrected chi connectivity index (χ4v) is 4.58. The standard InChI is InChI=1S/C25H32F3N5O/c1-32-12-8-18(9-13-32)24(34)30-16-21-2-3-22(17-29-21)31-20-4-6-23(7-5-20)33-14-10-19(11-15-33)25(26,27)28/h2-7,17-19,31H,8-16H2,1H3,(H,30,34). The normalized spacial score (nSPS) is 18.6. The topological polar surface area (TPSA) is 60.5 Å². The highest BCUT2D eigenvalue weighted by atomic mass is 19.4. The second-order valence-corrected chi connectivity index (χ2v) is 9.31. The maximum atomic E-state index is 12.9. The minimum Gasteiger partial charge on any atom is -0.372 e. The molecule has 0 saturated carbocycles. The van der Waals surface area contributed by atoms with Gasteiger partial charge in [-0.2, -0.15) is 13.2 Å². The minimum absolute atomic E-state index is 0.0797. The Bertz CT molecular complexity index is 933. The molecular formula is C25H32F3N5O. The van der Waals surface area contributed by atoms with Gasteiger partial charge in [0.1, 0.15) is 0 Å². The van der Waals surface area contributed by atoms with Crippen LogP contribution in [0.15, 0.2) is 42.6 Å². The van der Waals surface area contributed by atoms with E-state index < -0.39 is 12.1 Å². The number of alkyl halides is 3. The molecule has 0 radical (unpaired) electrons. The molecule has 0 aliphatic carbocycles. The zero-order valence-electron chi connectivity index (χ0n) is 19.4. The van der Waals surface area contributed by atoms with Crippen LogP contribution in [-0.4, -0.2) is 55.2 Å². The number of aromatic nitrogens is 1. The first kappa shape index (κ1) is 24.3. The zero-order valence-corrected chi connectivity index (χ0v) is 19.4. The quantitative estimate of drug-likeness (QED) is 0.642. The van der Waals surface area contributed by atoms with Gasteiger partial charge in [0.05, 0.1) is 30.0 Å². The van der Waals surface area contributed by atoms with Crippen molar-refractivity contribution in [2.24, 2.45) is 11.8 Å². The lowest BCUT2D eigenvalue weighted by Crippen LogP contribution is -2.38. The number of anilines is 3. The second kappa shape index (κ2) is 10.6. The van der Waals surface area contributed by atoms with Crippen molar-refractivity contribution in [2.45, 2.75) is 38.4 Å². The molecule has 0 spiro atoms. The summed E-state index contributed by atoms with van der Waals surface area (Å²) in [6.45, 7) is 3.14. The monoisotopic (exact) mass is 475 g/mol. The van der Waals surface area contributed by atoms with E-state index in [1.54, 1.807) is 6.20 Å². The number of carbonyl (C=O) groups is 1. The van der Waals surface area contributed by atoms with Crippen LogP contribution in [0.2, 0.25) is 0 Å². The summed E-state index contributed by atoms with van der Waals surface area (Å²) in [5, 5.41) is 6.28. The van der Waals surface area contributed by atoms with Crippen molar-refractivity contribution in [2.75, 3.05) is 43.4 Å². The van der Waals surface area contributed by atoms with Crippen LogP contribution in [0.25, 0.3) is 0 Å². The van der Waals surface area contributed by atoms with Gasteiger partial charge in [0.2, 0.25) is 5.91 Å². The van der Waals surface area contributed by atoms with Crippen LogP contribution in [0.5, 0.6) is 0 Å². The van der Waals surface area contributed by atoms with Crippen LogP contribution in [0.4, 0.5) is 30.2 Å². The number of carbonyl (C=O) groups excluding carboxylic acids is 1. The number of nitrogens with zero attached hydrogens (tertiary/aromatic N) is 3. The molecule has 0 unspecified atom stereocenters. The summed E-state index contributed by atoms with van der Waals surface area (Å²) in [6, 6.07) is 11.5. The summed E-state index contributed by atoms with van der Waals surface area (Å²) < 4.78 is 38.6. The highest BCUT2D eigenvalue weighted by Gasteiger charge is 2.41. The number of benzene rings is 1. The predicted molar refractivity (Wildman–Crippen MR) is 127 cm³/mol. The molecule has 1 amide bonds. The number of pyridine rings is 1. The Morgan fingerprint density at radius 2 is 1.62 bits per heavy atom. The van der Waals surface area contributed by atoms with Crippen LogP contribution < -0.4 is 15.5 Å². The van der Waals surface area contributed by atoms with E-state index in [1.807, 2.05) is 41.3 Å². The molecule has 4 rings (SSSR count). The van der Waals surface area contributed by atoms with E-state index in [2.05, 4.69) is 27.6 Å². The third kappa shape index (κ3) is 6.40. The Morgan fingerprint density at radius 1 is 0.971 bits per heavy atom. The Hall–Kier alpha value is -2.81. The largest absolute Gasteiger partial charge is 0.391 e. The van der Waals surface area contributed by atoms with Crippen molar-refractivity contribution in [3.05, 3.63) is 48.3 Å². The lowest BCUT2D eigenvalue weighted by atomic mass is 9.96. The fourth-order valence-electron chi connectivity index (χ4n) is 4.58. The number of amides is 1. The van der Waals surface area contributed by atoms with E-state index >= 15 is 0 Å². The summed E-state index contributed by atoms with van der Waals surface area (Å²) >= 11 is 0. The molecule has 2 fully saturated rings. The summed E-state index contributed by atoms with van der Waals surface area (Å²) in [6.07, 6.45) is -0.305. The lowest BCUT2D eigenvalue weighted by Gasteiger charge is -2.34. The molecule has 2 aliphatic rings. The Labute approximate surface area is 198 Å². The van der Waals surface area contributed by atoms with Crippen LogP contribution in [-0.2, 0) is 11.3 Å². The molecular weight excluding hydrogens is 443 g/mol. The predicted octanol–water partition coefficient (Wildman–Crippen LogP) is 4.56. The Morgan fingerprint density at radius 3 is 2.21 bits per heavy atom. The summed E-state index contributed by atoms with van der Waals surface area (Å²) in [5.41, 5.74) is 3.42.